The van der Waals surface area contributed by atoms with Crippen molar-refractivity contribution in [3.63, 3.8) is 0 Å². The number of ether oxygens (including phenoxy) is 1. The third-order valence-corrected chi connectivity index (χ3v) is 5.01. The van der Waals surface area contributed by atoms with E-state index in [-0.39, 0.29) is 0 Å². The van der Waals surface area contributed by atoms with E-state index in [4.69, 9.17) is 14.3 Å². The molecule has 0 bridgehead atoms. The molecule has 27 heavy (non-hydrogen) atoms. The van der Waals surface area contributed by atoms with Crippen LogP contribution in [0.2, 0.25) is 0 Å². The molecule has 0 spiro atoms. The Labute approximate surface area is 159 Å². The van der Waals surface area contributed by atoms with Gasteiger partial charge in [0.05, 0.1) is 12.0 Å². The Hall–Kier alpha value is -3.32. The van der Waals surface area contributed by atoms with Gasteiger partial charge in [-0.05, 0) is 54.1 Å². The van der Waals surface area contributed by atoms with Crippen LogP contribution < -0.4 is 4.74 Å². The summed E-state index contributed by atoms with van der Waals surface area (Å²) < 4.78 is 13.0. The van der Waals surface area contributed by atoms with Crippen molar-refractivity contribution < 1.29 is 9.15 Å². The molecule has 1 aliphatic heterocycles. The molecule has 0 unspecified atom stereocenters. The number of nitrogens with zero attached hydrogens (tertiary/aromatic N) is 4. The lowest BCUT2D eigenvalue weighted by atomic mass is 10.1. The molecule has 2 aromatic carbocycles. The Kier molecular flexibility index (Phi) is 3.99. The molecule has 4 aromatic rings. The van der Waals surface area contributed by atoms with Crippen LogP contribution in [-0.2, 0) is 0 Å². The summed E-state index contributed by atoms with van der Waals surface area (Å²) in [6.07, 6.45) is 1.61. The van der Waals surface area contributed by atoms with Crippen molar-refractivity contribution in [3.05, 3.63) is 78.6 Å². The fourth-order valence-electron chi connectivity index (χ4n) is 2.77. The van der Waals surface area contributed by atoms with Gasteiger partial charge in [0.2, 0.25) is 11.0 Å². The van der Waals surface area contributed by atoms with Crippen LogP contribution in [0.15, 0.2) is 87.7 Å². The Balaban J connectivity index is 1.42. The van der Waals surface area contributed by atoms with E-state index in [2.05, 4.69) is 10.2 Å². The van der Waals surface area contributed by atoms with Gasteiger partial charge >= 0.3 is 0 Å². The second-order valence-electron chi connectivity index (χ2n) is 5.87. The smallest absolute Gasteiger partial charge is 0.221 e. The maximum Gasteiger partial charge on any atom is 0.221 e. The largest absolute Gasteiger partial charge is 0.461 e. The lowest BCUT2D eigenvalue weighted by Gasteiger charge is -2.14. The molecule has 0 radical (unpaired) electrons. The normalized spacial score (nSPS) is 13.1. The molecule has 0 fully saturated rings. The van der Waals surface area contributed by atoms with Gasteiger partial charge in [-0.3, -0.25) is 0 Å². The topological polar surface area (TPSA) is 65.4 Å². The molecule has 0 saturated heterocycles. The van der Waals surface area contributed by atoms with Crippen molar-refractivity contribution in [3.8, 4) is 23.1 Å². The number of aromatic nitrogens is 3. The van der Waals surface area contributed by atoms with Crippen LogP contribution in [0.5, 0.6) is 11.5 Å². The van der Waals surface area contributed by atoms with Gasteiger partial charge in [0.25, 0.3) is 0 Å². The lowest BCUT2D eigenvalue weighted by Crippen LogP contribution is -2.13. The molecule has 0 N–H and O–H groups in total. The quantitative estimate of drug-likeness (QED) is 0.518. The van der Waals surface area contributed by atoms with Crippen molar-refractivity contribution >= 4 is 17.5 Å². The van der Waals surface area contributed by atoms with Crippen molar-refractivity contribution in [2.75, 3.05) is 5.75 Å². The van der Waals surface area contributed by atoms with E-state index in [1.54, 1.807) is 22.7 Å². The highest BCUT2D eigenvalue weighted by Gasteiger charge is 2.21. The zero-order valence-corrected chi connectivity index (χ0v) is 15.0. The predicted molar refractivity (Wildman–Crippen MR) is 103 cm³/mol. The number of benzene rings is 2. The highest BCUT2D eigenvalue weighted by atomic mass is 32.2. The van der Waals surface area contributed by atoms with E-state index in [0.717, 1.165) is 33.7 Å². The van der Waals surface area contributed by atoms with Crippen LogP contribution in [0.1, 0.15) is 5.56 Å². The van der Waals surface area contributed by atoms with Crippen molar-refractivity contribution in [2.45, 2.75) is 5.16 Å². The number of para-hydroxylation sites is 1. The number of rotatable bonds is 4. The van der Waals surface area contributed by atoms with Gasteiger partial charge in [0.15, 0.2) is 5.76 Å². The van der Waals surface area contributed by atoms with E-state index >= 15 is 0 Å². The Bertz CT molecular complexity index is 1090. The Morgan fingerprint density at radius 3 is 2.48 bits per heavy atom. The Morgan fingerprint density at radius 1 is 0.889 bits per heavy atom. The summed E-state index contributed by atoms with van der Waals surface area (Å²) in [7, 11) is 0. The number of fused-ring (bicyclic) bond motifs is 1. The van der Waals surface area contributed by atoms with E-state index in [9.17, 15) is 0 Å². The molecule has 3 heterocycles. The number of thioether (sulfide) groups is 1. The van der Waals surface area contributed by atoms with E-state index in [1.807, 2.05) is 66.7 Å². The molecule has 1 aliphatic rings. The van der Waals surface area contributed by atoms with Crippen LogP contribution in [-0.4, -0.2) is 26.3 Å². The highest BCUT2D eigenvalue weighted by molar-refractivity contribution is 7.99. The molecule has 0 aliphatic carbocycles. The van der Waals surface area contributed by atoms with Gasteiger partial charge in [-0.1, -0.05) is 30.0 Å². The summed E-state index contributed by atoms with van der Waals surface area (Å²) in [6, 6.07) is 21.3. The highest BCUT2D eigenvalue weighted by Crippen LogP contribution is 2.29. The summed E-state index contributed by atoms with van der Waals surface area (Å²) >= 11 is 1.60. The molecular formula is C20H14N4O2S. The van der Waals surface area contributed by atoms with Crippen molar-refractivity contribution in [1.82, 2.24) is 14.9 Å². The molecule has 0 amide bonds. The first-order chi connectivity index (χ1) is 13.4. The molecule has 0 atom stereocenters. The monoisotopic (exact) mass is 374 g/mol. The number of furan rings is 1. The van der Waals surface area contributed by atoms with Crippen LogP contribution in [0.4, 0.5) is 0 Å². The minimum Gasteiger partial charge on any atom is -0.461 e. The second-order valence-corrected chi connectivity index (χ2v) is 6.81. The first kappa shape index (κ1) is 15.9. The standard InChI is InChI=1S/C20H14N4O2S/c1-2-5-15(6-3-1)26-16-10-8-14(9-11-16)17-13-27-20-22-21-19(24(20)23-17)18-7-4-12-25-18/h1-12H,13H2. The van der Waals surface area contributed by atoms with Gasteiger partial charge in [-0.25, -0.2) is 0 Å². The fraction of sp³-hybridized carbons (Fsp3) is 0.0500. The molecule has 0 saturated carbocycles. The van der Waals surface area contributed by atoms with Crippen LogP contribution in [0.3, 0.4) is 0 Å². The van der Waals surface area contributed by atoms with Gasteiger partial charge in [-0.15, -0.1) is 10.2 Å². The van der Waals surface area contributed by atoms with Gasteiger partial charge in [-0.2, -0.15) is 9.78 Å². The van der Waals surface area contributed by atoms with Gasteiger partial charge < -0.3 is 9.15 Å². The summed E-state index contributed by atoms with van der Waals surface area (Å²) in [4.78, 5) is 0. The zero-order chi connectivity index (χ0) is 18.1. The lowest BCUT2D eigenvalue weighted by molar-refractivity contribution is 0.482. The fourth-order valence-corrected chi connectivity index (χ4v) is 3.61. The summed E-state index contributed by atoms with van der Waals surface area (Å²) in [5, 5.41) is 13.9. The predicted octanol–water partition coefficient (Wildman–Crippen LogP) is 4.69. The molecular weight excluding hydrogens is 360 g/mol. The molecule has 2 aromatic heterocycles. The third kappa shape index (κ3) is 3.13. The van der Waals surface area contributed by atoms with Gasteiger partial charge in [0.1, 0.15) is 11.5 Å². The van der Waals surface area contributed by atoms with Crippen LogP contribution in [0, 0.1) is 0 Å². The van der Waals surface area contributed by atoms with E-state index < -0.39 is 0 Å². The average Bonchev–Trinajstić information content (AvgIpc) is 3.38. The number of hydrogen-bond acceptors (Lipinski definition) is 6. The molecule has 132 valence electrons. The maximum atomic E-state index is 5.85. The van der Waals surface area contributed by atoms with Crippen molar-refractivity contribution in [2.24, 2.45) is 5.10 Å². The van der Waals surface area contributed by atoms with E-state index in [1.165, 1.54) is 0 Å². The van der Waals surface area contributed by atoms with Crippen LogP contribution >= 0.6 is 11.8 Å². The van der Waals surface area contributed by atoms with E-state index in [0.29, 0.717) is 11.6 Å². The minimum atomic E-state index is 0.601. The minimum absolute atomic E-state index is 0.601. The number of hydrogen-bond donors (Lipinski definition) is 0. The maximum absolute atomic E-state index is 5.85. The first-order valence-electron chi connectivity index (χ1n) is 8.40. The summed E-state index contributed by atoms with van der Waals surface area (Å²) in [5.74, 6) is 3.58. The van der Waals surface area contributed by atoms with Gasteiger partial charge in [0, 0.05) is 5.75 Å². The zero-order valence-electron chi connectivity index (χ0n) is 14.1. The Morgan fingerprint density at radius 2 is 1.70 bits per heavy atom. The SMILES string of the molecule is c1ccc(Oc2ccc(C3=Nn4c(nnc4-c4ccco4)SC3)cc2)cc1. The summed E-state index contributed by atoms with van der Waals surface area (Å²) in [5.41, 5.74) is 1.99. The van der Waals surface area contributed by atoms with Crippen molar-refractivity contribution in [1.29, 1.82) is 0 Å². The van der Waals surface area contributed by atoms with Crippen LogP contribution in [0.25, 0.3) is 11.6 Å². The third-order valence-electron chi connectivity index (χ3n) is 4.08. The average molecular weight is 374 g/mol. The second kappa shape index (κ2) is 6.77. The molecule has 7 heteroatoms. The molecule has 6 nitrogen and oxygen atoms in total. The molecule has 5 rings (SSSR count). The first-order valence-corrected chi connectivity index (χ1v) is 9.39. The summed E-state index contributed by atoms with van der Waals surface area (Å²) in [6.45, 7) is 0.